The Kier molecular flexibility index (Phi) is 11.4. The first-order valence-electron chi connectivity index (χ1n) is 11.3. The molecule has 0 radical (unpaired) electrons. The lowest BCUT2D eigenvalue weighted by Gasteiger charge is -2.22. The number of amides is 2. The fraction of sp³-hybridized carbons (Fsp3) is 0.160. The third-order valence-electron chi connectivity index (χ3n) is 5.14. The van der Waals surface area contributed by atoms with Crippen molar-refractivity contribution in [2.45, 2.75) is 12.2 Å². The molecule has 0 spiro atoms. The number of nitrogens with zero attached hydrogens (tertiary/aromatic N) is 1. The number of anilines is 1. The largest absolute Gasteiger partial charge is 0.493 e. The number of carbonyl (C=O) groups is 3. The number of methoxy groups -OCH3 is 2. The first-order chi connectivity index (χ1) is 19.7. The van der Waals surface area contributed by atoms with Crippen LogP contribution in [-0.2, 0) is 9.59 Å². The molecule has 7 N–H and O–H groups in total. The molecule has 12 nitrogen and oxygen atoms in total. The average Bonchev–Trinajstić information content (AvgIpc) is 2.94. The van der Waals surface area contributed by atoms with Gasteiger partial charge in [0.15, 0.2) is 11.5 Å². The predicted molar refractivity (Wildman–Crippen MR) is 142 cm³/mol. The molecule has 224 valence electrons. The number of amidine groups is 1. The summed E-state index contributed by atoms with van der Waals surface area (Å²) in [7, 11) is 2.73. The topological polar surface area (TPSA) is 189 Å². The van der Waals surface area contributed by atoms with Crippen LogP contribution in [0.25, 0.3) is 0 Å². The average molecular weight is 615 g/mol. The van der Waals surface area contributed by atoms with Crippen molar-refractivity contribution in [2.24, 2.45) is 5.73 Å². The molecule has 3 aromatic rings. The fourth-order valence-corrected chi connectivity index (χ4v) is 3.28. The number of ether oxygens (including phenoxy) is 2. The minimum Gasteiger partial charge on any atom is -0.493 e. The van der Waals surface area contributed by atoms with Gasteiger partial charge in [0.25, 0.3) is 11.8 Å². The fourth-order valence-electron chi connectivity index (χ4n) is 3.09. The van der Waals surface area contributed by atoms with Gasteiger partial charge in [0, 0.05) is 35.3 Å². The Balaban J connectivity index is 0.000000782. The van der Waals surface area contributed by atoms with E-state index in [9.17, 15) is 22.8 Å². The molecule has 0 fully saturated rings. The van der Waals surface area contributed by atoms with Gasteiger partial charge in [-0.05, 0) is 36.4 Å². The van der Waals surface area contributed by atoms with Gasteiger partial charge in [-0.2, -0.15) is 13.2 Å². The van der Waals surface area contributed by atoms with Crippen molar-refractivity contribution in [1.82, 2.24) is 15.8 Å². The summed E-state index contributed by atoms with van der Waals surface area (Å²) in [5.74, 6) is -4.81. The first-order valence-corrected chi connectivity index (χ1v) is 11.7. The van der Waals surface area contributed by atoms with Crippen LogP contribution in [0.15, 0.2) is 54.9 Å². The van der Waals surface area contributed by atoms with Gasteiger partial charge in [-0.1, -0.05) is 11.6 Å². The molecule has 0 aliphatic heterocycles. The van der Waals surface area contributed by atoms with E-state index < -0.39 is 35.8 Å². The lowest BCUT2D eigenvalue weighted by atomic mass is 10.0. The summed E-state index contributed by atoms with van der Waals surface area (Å²) >= 11 is 5.99. The highest BCUT2D eigenvalue weighted by molar-refractivity contribution is 6.33. The smallest absolute Gasteiger partial charge is 0.490 e. The number of halogens is 5. The summed E-state index contributed by atoms with van der Waals surface area (Å²) in [5.41, 5.74) is 10.8. The maximum absolute atomic E-state index is 15.0. The van der Waals surface area contributed by atoms with Crippen molar-refractivity contribution in [3.8, 4) is 11.5 Å². The maximum atomic E-state index is 15.0. The Morgan fingerprint density at radius 3 is 2.12 bits per heavy atom. The summed E-state index contributed by atoms with van der Waals surface area (Å²) in [6.45, 7) is 0. The van der Waals surface area contributed by atoms with Gasteiger partial charge in [-0.3, -0.25) is 30.8 Å². The number of aliphatic carboxylic acids is 1. The van der Waals surface area contributed by atoms with Gasteiger partial charge in [-0.15, -0.1) is 0 Å². The summed E-state index contributed by atoms with van der Waals surface area (Å²) in [4.78, 5) is 38.3. The van der Waals surface area contributed by atoms with Crippen LogP contribution in [-0.4, -0.2) is 54.1 Å². The van der Waals surface area contributed by atoms with Crippen LogP contribution in [0.1, 0.15) is 27.5 Å². The first kappa shape index (κ1) is 33.1. The molecule has 0 saturated carbocycles. The van der Waals surface area contributed by atoms with Gasteiger partial charge in [0.2, 0.25) is 0 Å². The van der Waals surface area contributed by atoms with E-state index in [2.05, 4.69) is 21.2 Å². The second kappa shape index (κ2) is 14.5. The van der Waals surface area contributed by atoms with Gasteiger partial charge in [0.05, 0.1) is 24.8 Å². The lowest BCUT2D eigenvalue weighted by molar-refractivity contribution is -0.192. The number of pyridine rings is 1. The van der Waals surface area contributed by atoms with Gasteiger partial charge < -0.3 is 25.6 Å². The van der Waals surface area contributed by atoms with E-state index in [4.69, 9.17) is 42.1 Å². The van der Waals surface area contributed by atoms with Gasteiger partial charge >= 0.3 is 12.1 Å². The van der Waals surface area contributed by atoms with E-state index in [-0.39, 0.29) is 33.5 Å². The van der Waals surface area contributed by atoms with Crippen molar-refractivity contribution in [1.29, 1.82) is 5.41 Å². The molecule has 1 heterocycles. The number of carboxylic acid groups (broad SMARTS) is 1. The minimum absolute atomic E-state index is 0.0381. The highest BCUT2D eigenvalue weighted by atomic mass is 35.5. The Hall–Kier alpha value is -5.12. The minimum atomic E-state index is -5.08. The summed E-state index contributed by atoms with van der Waals surface area (Å²) in [6.07, 6.45) is -2.43. The monoisotopic (exact) mass is 614 g/mol. The second-order valence-electron chi connectivity index (χ2n) is 7.90. The SMILES string of the molecule is COc1cc(F)c(C(Nc2ccc(C(=N)N)cc2)C(=O)NNC(=O)c2cnccc2Cl)cc1OC.O=C(O)C(F)(F)F. The molecular formula is C25H23ClF4N6O6. The lowest BCUT2D eigenvalue weighted by Crippen LogP contribution is -2.45. The molecule has 0 saturated heterocycles. The van der Waals surface area contributed by atoms with Crippen molar-refractivity contribution >= 4 is 40.9 Å². The van der Waals surface area contributed by atoms with Crippen LogP contribution in [0.3, 0.4) is 0 Å². The van der Waals surface area contributed by atoms with Crippen LogP contribution in [0.2, 0.25) is 5.02 Å². The standard InChI is InChI=1S/C23H22ClFN6O4.C2HF3O2/c1-34-18-9-14(17(25)10-19(18)35-2)20(29-13-5-3-12(4-6-13)21(26)27)23(33)31-30-22(32)15-11-28-8-7-16(15)24;3-2(4,5)1(6)7/h3-11,20,29H,1-2H3,(H3,26,27)(H,30,32)(H,31,33);(H,6,7). The van der Waals surface area contributed by atoms with Crippen molar-refractivity contribution in [2.75, 3.05) is 19.5 Å². The second-order valence-corrected chi connectivity index (χ2v) is 8.31. The molecule has 1 unspecified atom stereocenters. The number of hydrazine groups is 1. The van der Waals surface area contributed by atoms with Gasteiger partial charge in [0.1, 0.15) is 17.7 Å². The number of nitrogen functional groups attached to an aromatic ring is 1. The number of carboxylic acids is 1. The molecule has 0 aliphatic rings. The van der Waals surface area contributed by atoms with Crippen LogP contribution >= 0.6 is 11.6 Å². The Morgan fingerprint density at radius 1 is 1.05 bits per heavy atom. The molecule has 3 rings (SSSR count). The third kappa shape index (κ3) is 8.95. The van der Waals surface area contributed by atoms with E-state index in [0.717, 1.165) is 6.07 Å². The number of aromatic nitrogens is 1. The van der Waals surface area contributed by atoms with Crippen LogP contribution in [0, 0.1) is 11.2 Å². The van der Waals surface area contributed by atoms with Gasteiger partial charge in [-0.25, -0.2) is 9.18 Å². The predicted octanol–water partition coefficient (Wildman–Crippen LogP) is 3.42. The molecule has 0 aliphatic carbocycles. The number of rotatable bonds is 8. The number of hydrogen-bond donors (Lipinski definition) is 6. The molecule has 1 aromatic heterocycles. The molecule has 0 bridgehead atoms. The molecular weight excluding hydrogens is 592 g/mol. The van der Waals surface area contributed by atoms with Crippen LogP contribution in [0.4, 0.5) is 23.2 Å². The number of alkyl halides is 3. The zero-order valence-corrected chi connectivity index (χ0v) is 22.4. The Labute approximate surface area is 240 Å². The van der Waals surface area contributed by atoms with Crippen molar-refractivity contribution in [3.05, 3.63) is 82.4 Å². The van der Waals surface area contributed by atoms with Crippen molar-refractivity contribution in [3.63, 3.8) is 0 Å². The number of nitrogens with two attached hydrogens (primary N) is 1. The normalized spacial score (nSPS) is 11.2. The molecule has 17 heteroatoms. The Morgan fingerprint density at radius 2 is 1.62 bits per heavy atom. The van der Waals surface area contributed by atoms with E-state index in [1.807, 2.05) is 0 Å². The van der Waals surface area contributed by atoms with E-state index in [1.54, 1.807) is 24.3 Å². The van der Waals surface area contributed by atoms with Crippen LogP contribution in [0.5, 0.6) is 11.5 Å². The Bertz CT molecular complexity index is 1460. The van der Waals surface area contributed by atoms with E-state index in [1.165, 1.54) is 38.7 Å². The highest BCUT2D eigenvalue weighted by Gasteiger charge is 2.38. The molecule has 42 heavy (non-hydrogen) atoms. The maximum Gasteiger partial charge on any atom is 0.490 e. The number of nitrogens with one attached hydrogen (secondary N) is 4. The van der Waals surface area contributed by atoms with E-state index >= 15 is 4.39 Å². The number of hydrogen-bond acceptors (Lipinski definition) is 8. The number of benzene rings is 2. The van der Waals surface area contributed by atoms with Crippen molar-refractivity contribution < 1.29 is 46.5 Å². The summed E-state index contributed by atoms with van der Waals surface area (Å²) in [5, 5.41) is 17.7. The van der Waals surface area contributed by atoms with E-state index in [0.29, 0.717) is 11.3 Å². The molecule has 1 atom stereocenters. The molecule has 2 aromatic carbocycles. The highest BCUT2D eigenvalue weighted by Crippen LogP contribution is 2.34. The number of carbonyl (C=O) groups excluding carboxylic acids is 2. The summed E-state index contributed by atoms with van der Waals surface area (Å²) in [6, 6.07) is 8.79. The zero-order chi connectivity index (χ0) is 31.6. The molecule has 2 amide bonds. The quantitative estimate of drug-likeness (QED) is 0.0956. The third-order valence-corrected chi connectivity index (χ3v) is 5.47. The summed E-state index contributed by atoms with van der Waals surface area (Å²) < 4.78 is 57.1. The van der Waals surface area contributed by atoms with Crippen LogP contribution < -0.4 is 31.4 Å². The zero-order valence-electron chi connectivity index (χ0n) is 21.7.